The molecule has 0 spiro atoms. The fraction of sp³-hybridized carbons (Fsp3) is 0.111. The minimum atomic E-state index is -0.220. The number of benzene rings is 1. The molecule has 132 valence electrons. The van der Waals surface area contributed by atoms with Gasteiger partial charge in [-0.15, -0.1) is 22.7 Å². The number of nitrogens with zero attached hydrogens (tertiary/aromatic N) is 1. The van der Waals surface area contributed by atoms with Gasteiger partial charge in [-0.1, -0.05) is 6.07 Å². The van der Waals surface area contributed by atoms with E-state index < -0.39 is 0 Å². The number of ketones is 1. The molecule has 0 aliphatic heterocycles. The fourth-order valence-electron chi connectivity index (χ4n) is 2.17. The summed E-state index contributed by atoms with van der Waals surface area (Å²) in [5, 5.41) is 9.50. The van der Waals surface area contributed by atoms with Gasteiger partial charge in [0.15, 0.2) is 10.9 Å². The number of hydrogen-bond acceptors (Lipinski definition) is 6. The van der Waals surface area contributed by atoms with Gasteiger partial charge in [0.25, 0.3) is 5.91 Å². The Morgan fingerprint density at radius 1 is 1.04 bits per heavy atom. The number of carbonyl (C=O) groups excluding carboxylic acids is 3. The van der Waals surface area contributed by atoms with E-state index in [9.17, 15) is 14.4 Å². The Balaban J connectivity index is 1.55. The Morgan fingerprint density at radius 2 is 1.81 bits per heavy atom. The highest BCUT2D eigenvalue weighted by molar-refractivity contribution is 7.14. The number of hydrogen-bond donors (Lipinski definition) is 2. The van der Waals surface area contributed by atoms with Crippen molar-refractivity contribution in [3.05, 3.63) is 63.3 Å². The van der Waals surface area contributed by atoms with Crippen LogP contribution >= 0.6 is 22.7 Å². The summed E-state index contributed by atoms with van der Waals surface area (Å²) in [6.45, 7) is 1.49. The summed E-state index contributed by atoms with van der Waals surface area (Å²) in [4.78, 5) is 40.2. The van der Waals surface area contributed by atoms with E-state index in [0.29, 0.717) is 27.0 Å². The highest BCUT2D eigenvalue weighted by Crippen LogP contribution is 2.19. The van der Waals surface area contributed by atoms with Crippen LogP contribution in [0.15, 0.2) is 47.2 Å². The van der Waals surface area contributed by atoms with Gasteiger partial charge in [-0.3, -0.25) is 19.7 Å². The Morgan fingerprint density at radius 3 is 2.46 bits per heavy atom. The van der Waals surface area contributed by atoms with Crippen molar-refractivity contribution in [2.24, 2.45) is 0 Å². The van der Waals surface area contributed by atoms with Gasteiger partial charge in [-0.25, -0.2) is 4.98 Å². The predicted octanol–water partition coefficient (Wildman–Crippen LogP) is 3.84. The molecule has 1 aromatic carbocycles. The van der Waals surface area contributed by atoms with Crippen LogP contribution in [0.3, 0.4) is 0 Å². The van der Waals surface area contributed by atoms with E-state index in [4.69, 9.17) is 0 Å². The lowest BCUT2D eigenvalue weighted by Gasteiger charge is -2.04. The standard InChI is InChI=1S/C18H15N3O3S2/c1-11(22)12-4-6-13(7-5-12)19-16(23)9-14-10-26-18(20-14)21-17(24)15-3-2-8-25-15/h2-8,10H,9H2,1H3,(H,19,23)(H,20,21,24). The zero-order valence-electron chi connectivity index (χ0n) is 13.8. The van der Waals surface area contributed by atoms with Gasteiger partial charge in [0.1, 0.15) is 0 Å². The van der Waals surface area contributed by atoms with Crippen molar-refractivity contribution in [1.29, 1.82) is 0 Å². The largest absolute Gasteiger partial charge is 0.326 e. The lowest BCUT2D eigenvalue weighted by Crippen LogP contribution is -2.15. The van der Waals surface area contributed by atoms with Crippen LogP contribution < -0.4 is 10.6 Å². The molecular weight excluding hydrogens is 370 g/mol. The molecule has 8 heteroatoms. The highest BCUT2D eigenvalue weighted by Gasteiger charge is 2.12. The predicted molar refractivity (Wildman–Crippen MR) is 103 cm³/mol. The smallest absolute Gasteiger partial charge is 0.267 e. The van der Waals surface area contributed by atoms with E-state index in [1.807, 2.05) is 5.38 Å². The lowest BCUT2D eigenvalue weighted by atomic mass is 10.1. The van der Waals surface area contributed by atoms with Crippen LogP contribution in [-0.4, -0.2) is 22.6 Å². The topological polar surface area (TPSA) is 88.2 Å². The zero-order valence-corrected chi connectivity index (χ0v) is 15.4. The summed E-state index contributed by atoms with van der Waals surface area (Å²) in [6, 6.07) is 10.2. The average molecular weight is 385 g/mol. The van der Waals surface area contributed by atoms with Crippen LogP contribution in [0.5, 0.6) is 0 Å². The molecule has 0 saturated heterocycles. The molecule has 0 saturated carbocycles. The molecule has 6 nitrogen and oxygen atoms in total. The number of aromatic nitrogens is 1. The van der Waals surface area contributed by atoms with Crippen LogP contribution in [0, 0.1) is 0 Å². The lowest BCUT2D eigenvalue weighted by molar-refractivity contribution is -0.115. The Labute approximate surface area is 157 Å². The van der Waals surface area contributed by atoms with Gasteiger partial charge in [-0.2, -0.15) is 0 Å². The van der Waals surface area contributed by atoms with E-state index in [-0.39, 0.29) is 24.0 Å². The monoisotopic (exact) mass is 385 g/mol. The first-order chi connectivity index (χ1) is 12.5. The van der Waals surface area contributed by atoms with Crippen molar-refractivity contribution in [3.8, 4) is 0 Å². The first-order valence-corrected chi connectivity index (χ1v) is 9.47. The number of amides is 2. The highest BCUT2D eigenvalue weighted by atomic mass is 32.1. The molecule has 0 aliphatic carbocycles. The molecule has 0 bridgehead atoms. The quantitative estimate of drug-likeness (QED) is 0.631. The molecule has 2 N–H and O–H groups in total. The number of nitrogens with one attached hydrogen (secondary N) is 2. The normalized spacial score (nSPS) is 10.3. The van der Waals surface area contributed by atoms with Crippen LogP contribution in [0.2, 0.25) is 0 Å². The summed E-state index contributed by atoms with van der Waals surface area (Å²) < 4.78 is 0. The van der Waals surface area contributed by atoms with Gasteiger partial charge in [0.2, 0.25) is 5.91 Å². The second-order valence-corrected chi connectivity index (χ2v) is 7.24. The maximum atomic E-state index is 12.1. The van der Waals surface area contributed by atoms with Crippen molar-refractivity contribution < 1.29 is 14.4 Å². The van der Waals surface area contributed by atoms with E-state index >= 15 is 0 Å². The Hall–Kier alpha value is -2.84. The second-order valence-electron chi connectivity index (χ2n) is 5.43. The van der Waals surface area contributed by atoms with Crippen LogP contribution in [0.1, 0.15) is 32.6 Å². The third kappa shape index (κ3) is 4.62. The zero-order chi connectivity index (χ0) is 18.5. The summed E-state index contributed by atoms with van der Waals surface area (Å²) in [7, 11) is 0. The first-order valence-electron chi connectivity index (χ1n) is 7.71. The summed E-state index contributed by atoms with van der Waals surface area (Å²) in [6.07, 6.45) is 0.0971. The fourth-order valence-corrected chi connectivity index (χ4v) is 3.49. The molecule has 0 aliphatic rings. The maximum Gasteiger partial charge on any atom is 0.267 e. The van der Waals surface area contributed by atoms with Gasteiger partial charge in [0.05, 0.1) is 17.0 Å². The van der Waals surface area contributed by atoms with Gasteiger partial charge in [0, 0.05) is 16.6 Å². The number of rotatable bonds is 6. The minimum absolute atomic E-state index is 0.0255. The first kappa shape index (κ1) is 18.0. The van der Waals surface area contributed by atoms with Gasteiger partial charge in [-0.05, 0) is 42.6 Å². The number of carbonyl (C=O) groups is 3. The third-order valence-corrected chi connectivity index (χ3v) is 5.11. The number of anilines is 2. The number of Topliss-reactive ketones (excluding diaryl/α,β-unsaturated/α-hetero) is 1. The summed E-state index contributed by atoms with van der Waals surface area (Å²) in [5.74, 6) is -0.458. The molecule has 0 fully saturated rings. The third-order valence-electron chi connectivity index (χ3n) is 3.43. The van der Waals surface area contributed by atoms with Crippen molar-refractivity contribution in [1.82, 2.24) is 4.98 Å². The number of thiazole rings is 1. The molecule has 2 amide bonds. The van der Waals surface area contributed by atoms with Crippen LogP contribution in [0.4, 0.5) is 10.8 Å². The number of thiophene rings is 1. The van der Waals surface area contributed by atoms with Gasteiger partial charge < -0.3 is 5.32 Å². The molecule has 2 aromatic heterocycles. The summed E-state index contributed by atoms with van der Waals surface area (Å²) in [5.41, 5.74) is 1.78. The minimum Gasteiger partial charge on any atom is -0.326 e. The molecule has 26 heavy (non-hydrogen) atoms. The summed E-state index contributed by atoms with van der Waals surface area (Å²) >= 11 is 2.62. The Bertz CT molecular complexity index is 931. The molecule has 0 radical (unpaired) electrons. The molecule has 3 aromatic rings. The molecule has 0 atom stereocenters. The van der Waals surface area contributed by atoms with Crippen LogP contribution in [-0.2, 0) is 11.2 Å². The van der Waals surface area contributed by atoms with Crippen molar-refractivity contribution >= 4 is 51.1 Å². The van der Waals surface area contributed by atoms with E-state index in [1.165, 1.54) is 29.6 Å². The van der Waals surface area contributed by atoms with Crippen molar-refractivity contribution in [3.63, 3.8) is 0 Å². The van der Waals surface area contributed by atoms with Gasteiger partial charge >= 0.3 is 0 Å². The molecular formula is C18H15N3O3S2. The molecule has 0 unspecified atom stereocenters. The SMILES string of the molecule is CC(=O)c1ccc(NC(=O)Cc2csc(NC(=O)c3cccs3)n2)cc1. The van der Waals surface area contributed by atoms with E-state index in [0.717, 1.165) is 0 Å². The van der Waals surface area contributed by atoms with Crippen LogP contribution in [0.25, 0.3) is 0 Å². The molecule has 3 rings (SSSR count). The van der Waals surface area contributed by atoms with E-state index in [2.05, 4.69) is 15.6 Å². The Kier molecular flexibility index (Phi) is 5.55. The van der Waals surface area contributed by atoms with Crippen molar-refractivity contribution in [2.75, 3.05) is 10.6 Å². The molecule has 2 heterocycles. The van der Waals surface area contributed by atoms with Crippen molar-refractivity contribution in [2.45, 2.75) is 13.3 Å². The average Bonchev–Trinajstić information content (AvgIpc) is 3.27. The van der Waals surface area contributed by atoms with E-state index in [1.54, 1.807) is 41.8 Å². The second kappa shape index (κ2) is 8.03. The maximum absolute atomic E-state index is 12.1.